The molecule has 0 radical (unpaired) electrons. The number of hydrogen-bond donors (Lipinski definition) is 1. The van der Waals surface area contributed by atoms with Gasteiger partial charge in [-0.3, -0.25) is 0 Å². The van der Waals surface area contributed by atoms with Gasteiger partial charge in [0.1, 0.15) is 0 Å². The van der Waals surface area contributed by atoms with E-state index in [0.29, 0.717) is 13.1 Å². The quantitative estimate of drug-likeness (QED) is 0.658. The van der Waals surface area contributed by atoms with E-state index in [2.05, 4.69) is 5.32 Å². The molecule has 1 aliphatic rings. The second-order valence-electron chi connectivity index (χ2n) is 3.02. The summed E-state index contributed by atoms with van der Waals surface area (Å²) >= 11 is 0.0351. The molecule has 0 bridgehead atoms. The third kappa shape index (κ3) is 2.79. The minimum atomic E-state index is -0.0870. The number of rotatable bonds is 3. The maximum atomic E-state index is 11.4. The molecule has 0 spiro atoms. The van der Waals surface area contributed by atoms with Gasteiger partial charge >= 0.3 is 83.8 Å². The van der Waals surface area contributed by atoms with Crippen molar-refractivity contribution in [1.82, 2.24) is 10.2 Å². The van der Waals surface area contributed by atoms with Crippen LogP contribution < -0.4 is 5.32 Å². The SMILES string of the molecule is C[Se]C(=O)[C@@H](C)N1CCNC(=O)C1. The van der Waals surface area contributed by atoms with E-state index in [-0.39, 0.29) is 31.6 Å². The Morgan fingerprint density at radius 2 is 2.38 bits per heavy atom. The topological polar surface area (TPSA) is 49.4 Å². The standard InChI is InChI=1S/C8H14N2O2Se/c1-6(8(12)13-2)10-4-3-9-7(11)5-10/h6H,3-5H2,1-2H3,(H,9,11)/t6-/m1/s1. The van der Waals surface area contributed by atoms with Gasteiger partial charge in [-0.1, -0.05) is 0 Å². The molecule has 5 heteroatoms. The molecule has 1 rings (SSSR count). The molecule has 1 atom stereocenters. The van der Waals surface area contributed by atoms with Gasteiger partial charge in [0.25, 0.3) is 0 Å². The predicted octanol–water partition coefficient (Wildman–Crippen LogP) is -0.914. The van der Waals surface area contributed by atoms with E-state index in [1.54, 1.807) is 0 Å². The van der Waals surface area contributed by atoms with E-state index in [1.807, 2.05) is 17.6 Å². The first-order valence-corrected chi connectivity index (χ1v) is 6.80. The van der Waals surface area contributed by atoms with Crippen LogP contribution in [0.2, 0.25) is 5.82 Å². The molecule has 1 aliphatic heterocycles. The second-order valence-corrected chi connectivity index (χ2v) is 4.72. The molecular formula is C8H14N2O2Se. The third-order valence-electron chi connectivity index (χ3n) is 2.16. The Morgan fingerprint density at radius 1 is 1.69 bits per heavy atom. The van der Waals surface area contributed by atoms with Crippen molar-refractivity contribution in [2.45, 2.75) is 18.8 Å². The van der Waals surface area contributed by atoms with E-state index in [9.17, 15) is 9.59 Å². The first-order valence-electron chi connectivity index (χ1n) is 4.23. The van der Waals surface area contributed by atoms with Crippen LogP contribution in [-0.4, -0.2) is 56.1 Å². The fourth-order valence-electron chi connectivity index (χ4n) is 1.31. The van der Waals surface area contributed by atoms with Gasteiger partial charge in [-0.25, -0.2) is 0 Å². The summed E-state index contributed by atoms with van der Waals surface area (Å²) in [6.45, 7) is 3.69. The van der Waals surface area contributed by atoms with Gasteiger partial charge in [0.15, 0.2) is 0 Å². The molecule has 0 aromatic rings. The first-order chi connectivity index (χ1) is 6.15. The predicted molar refractivity (Wildman–Crippen MR) is 50.7 cm³/mol. The average molecular weight is 249 g/mol. The zero-order chi connectivity index (χ0) is 9.84. The van der Waals surface area contributed by atoms with Crippen LogP contribution in [-0.2, 0) is 9.59 Å². The van der Waals surface area contributed by atoms with E-state index in [4.69, 9.17) is 0 Å². The molecule has 13 heavy (non-hydrogen) atoms. The van der Waals surface area contributed by atoms with E-state index in [1.165, 1.54) is 0 Å². The minimum absolute atomic E-state index is 0.0227. The Kier molecular flexibility index (Phi) is 3.90. The number of piperazine rings is 1. The Balaban J connectivity index is 2.50. The van der Waals surface area contributed by atoms with Crippen LogP contribution in [0.25, 0.3) is 0 Å². The summed E-state index contributed by atoms with van der Waals surface area (Å²) < 4.78 is 0.266. The fraction of sp³-hybridized carbons (Fsp3) is 0.750. The van der Waals surface area contributed by atoms with Gasteiger partial charge < -0.3 is 0 Å². The van der Waals surface area contributed by atoms with E-state index < -0.39 is 0 Å². The van der Waals surface area contributed by atoms with Crippen LogP contribution in [0.5, 0.6) is 0 Å². The van der Waals surface area contributed by atoms with E-state index in [0.717, 1.165) is 6.54 Å². The first kappa shape index (κ1) is 10.7. The molecule has 0 aromatic heterocycles. The molecule has 1 saturated heterocycles. The molecule has 1 amide bonds. The zero-order valence-electron chi connectivity index (χ0n) is 7.87. The van der Waals surface area contributed by atoms with Crippen molar-refractivity contribution in [1.29, 1.82) is 0 Å². The second kappa shape index (κ2) is 4.74. The Morgan fingerprint density at radius 3 is 2.92 bits per heavy atom. The molecule has 1 N–H and O–H groups in total. The van der Waals surface area contributed by atoms with Crippen molar-refractivity contribution in [3.05, 3.63) is 0 Å². The van der Waals surface area contributed by atoms with Crippen LogP contribution in [0.1, 0.15) is 6.92 Å². The van der Waals surface area contributed by atoms with Crippen LogP contribution in [0, 0.1) is 0 Å². The number of carbonyl (C=O) groups is 2. The molecule has 74 valence electrons. The summed E-state index contributed by atoms with van der Waals surface area (Å²) in [5.41, 5.74) is 0. The van der Waals surface area contributed by atoms with Crippen molar-refractivity contribution in [3.8, 4) is 0 Å². The average Bonchev–Trinajstić information content (AvgIpc) is 2.15. The Labute approximate surface area is 84.2 Å². The summed E-state index contributed by atoms with van der Waals surface area (Å²) in [6, 6.07) is -0.0870. The Hall–Kier alpha value is -0.381. The Bertz CT molecular complexity index is 220. The summed E-state index contributed by atoms with van der Waals surface area (Å²) in [5, 5.41) is 2.74. The molecule has 0 unspecified atom stereocenters. The number of nitrogens with zero attached hydrogens (tertiary/aromatic N) is 1. The summed E-state index contributed by atoms with van der Waals surface area (Å²) in [4.78, 5) is 24.3. The number of carbonyl (C=O) groups excluding carboxylic acids is 2. The molecular weight excluding hydrogens is 235 g/mol. The maximum absolute atomic E-state index is 11.4. The summed E-state index contributed by atoms with van der Waals surface area (Å²) in [5.74, 6) is 1.94. The summed E-state index contributed by atoms with van der Waals surface area (Å²) in [7, 11) is 0. The van der Waals surface area contributed by atoms with Crippen molar-refractivity contribution in [3.63, 3.8) is 0 Å². The monoisotopic (exact) mass is 250 g/mol. The van der Waals surface area contributed by atoms with Gasteiger partial charge in [-0.2, -0.15) is 0 Å². The number of amides is 1. The molecule has 0 aromatic carbocycles. The van der Waals surface area contributed by atoms with Gasteiger partial charge in [-0.05, 0) is 0 Å². The molecule has 1 fully saturated rings. The van der Waals surface area contributed by atoms with Crippen molar-refractivity contribution in [2.75, 3.05) is 19.6 Å². The van der Waals surface area contributed by atoms with Crippen LogP contribution in [0.4, 0.5) is 0 Å². The van der Waals surface area contributed by atoms with Gasteiger partial charge in [0.2, 0.25) is 0 Å². The van der Waals surface area contributed by atoms with E-state index >= 15 is 0 Å². The van der Waals surface area contributed by atoms with Crippen LogP contribution in [0.15, 0.2) is 0 Å². The number of nitrogens with one attached hydrogen (secondary N) is 1. The van der Waals surface area contributed by atoms with Crippen molar-refractivity contribution < 1.29 is 9.59 Å². The fourth-order valence-corrected chi connectivity index (χ4v) is 2.34. The van der Waals surface area contributed by atoms with Crippen LogP contribution >= 0.6 is 0 Å². The van der Waals surface area contributed by atoms with Gasteiger partial charge in [-0.15, -0.1) is 0 Å². The molecule has 0 saturated carbocycles. The molecule has 1 heterocycles. The van der Waals surface area contributed by atoms with Crippen molar-refractivity contribution in [2.24, 2.45) is 0 Å². The van der Waals surface area contributed by atoms with Gasteiger partial charge in [0.05, 0.1) is 0 Å². The normalized spacial score (nSPS) is 20.9. The van der Waals surface area contributed by atoms with Gasteiger partial charge in [0, 0.05) is 0 Å². The molecule has 0 aliphatic carbocycles. The van der Waals surface area contributed by atoms with Crippen molar-refractivity contribution >= 4 is 25.5 Å². The molecule has 4 nitrogen and oxygen atoms in total. The summed E-state index contributed by atoms with van der Waals surface area (Å²) in [6.07, 6.45) is 0. The number of hydrogen-bond acceptors (Lipinski definition) is 3. The third-order valence-corrected chi connectivity index (χ3v) is 3.72. The van der Waals surface area contributed by atoms with Crippen LogP contribution in [0.3, 0.4) is 0 Å². The zero-order valence-corrected chi connectivity index (χ0v) is 9.58.